The van der Waals surface area contributed by atoms with Gasteiger partial charge in [-0.05, 0) is 25.0 Å². The maximum atomic E-state index is 11.1. The molecule has 4 heteroatoms. The summed E-state index contributed by atoms with van der Waals surface area (Å²) >= 11 is 0. The average molecular weight is 240 g/mol. The lowest BCUT2D eigenvalue weighted by Crippen LogP contribution is -2.01. The average Bonchev–Trinajstić information content (AvgIpc) is 2.39. The number of carbonyl (C=O) groups is 1. The van der Waals surface area contributed by atoms with Crippen molar-refractivity contribution in [1.29, 1.82) is 0 Å². The lowest BCUT2D eigenvalue weighted by Gasteiger charge is -1.96. The summed E-state index contributed by atoms with van der Waals surface area (Å²) in [5.74, 6) is 5.20. The molecule has 0 aliphatic heterocycles. The van der Waals surface area contributed by atoms with Crippen LogP contribution in [-0.4, -0.2) is 22.5 Å². The van der Waals surface area contributed by atoms with E-state index < -0.39 is 0 Å². The van der Waals surface area contributed by atoms with Crippen molar-refractivity contribution in [1.82, 2.24) is 9.97 Å². The minimum absolute atomic E-state index is 0.0718. The highest BCUT2D eigenvalue weighted by molar-refractivity contribution is 5.74. The Morgan fingerprint density at radius 2 is 2.11 bits per heavy atom. The number of nitrogens with zero attached hydrogens (tertiary/aromatic N) is 2. The van der Waals surface area contributed by atoms with E-state index in [1.54, 1.807) is 13.1 Å². The molecule has 0 spiro atoms. The Morgan fingerprint density at radius 3 is 2.89 bits per heavy atom. The van der Waals surface area contributed by atoms with Crippen LogP contribution >= 0.6 is 0 Å². The lowest BCUT2D eigenvalue weighted by atomic mass is 10.3. The minimum Gasteiger partial charge on any atom is -0.465 e. The Kier molecular flexibility index (Phi) is 3.87. The van der Waals surface area contributed by atoms with Crippen molar-refractivity contribution in [2.45, 2.75) is 13.3 Å². The number of fused-ring (bicyclic) bond motifs is 1. The Morgan fingerprint density at radius 1 is 1.33 bits per heavy atom. The largest absolute Gasteiger partial charge is 0.465 e. The lowest BCUT2D eigenvalue weighted by molar-refractivity contribution is -0.141. The molecule has 18 heavy (non-hydrogen) atoms. The Balaban J connectivity index is 2.12. The van der Waals surface area contributed by atoms with Gasteiger partial charge in [0.25, 0.3) is 0 Å². The zero-order valence-corrected chi connectivity index (χ0v) is 10.0. The fourth-order valence-electron chi connectivity index (χ4n) is 1.44. The predicted octanol–water partition coefficient (Wildman–Crippen LogP) is 1.93. The summed E-state index contributed by atoms with van der Waals surface area (Å²) in [5.41, 5.74) is 2.17. The molecule has 90 valence electrons. The highest BCUT2D eigenvalue weighted by Crippen LogP contribution is 2.07. The van der Waals surface area contributed by atoms with Crippen LogP contribution in [0.2, 0.25) is 0 Å². The van der Waals surface area contributed by atoms with Crippen molar-refractivity contribution < 1.29 is 9.53 Å². The second-order valence-electron chi connectivity index (χ2n) is 3.53. The molecule has 1 heterocycles. The van der Waals surface area contributed by atoms with Crippen molar-refractivity contribution in [3.8, 4) is 11.8 Å². The summed E-state index contributed by atoms with van der Waals surface area (Å²) in [7, 11) is 0. The highest BCUT2D eigenvalue weighted by atomic mass is 16.5. The summed E-state index contributed by atoms with van der Waals surface area (Å²) in [6.07, 6.45) is 1.67. The molecule has 0 radical (unpaired) electrons. The first kappa shape index (κ1) is 12.1. The number of esters is 1. The first-order chi connectivity index (χ1) is 8.79. The maximum absolute atomic E-state index is 11.1. The van der Waals surface area contributed by atoms with Gasteiger partial charge in [0.2, 0.25) is 0 Å². The van der Waals surface area contributed by atoms with E-state index in [4.69, 9.17) is 4.74 Å². The van der Waals surface area contributed by atoms with Crippen molar-refractivity contribution in [2.24, 2.45) is 0 Å². The number of aromatic nitrogens is 2. The maximum Gasteiger partial charge on any atom is 0.317 e. The fourth-order valence-corrected chi connectivity index (χ4v) is 1.44. The van der Waals surface area contributed by atoms with Crippen LogP contribution in [0.15, 0.2) is 30.5 Å². The van der Waals surface area contributed by atoms with Crippen LogP contribution < -0.4 is 0 Å². The molecular weight excluding hydrogens is 228 g/mol. The second kappa shape index (κ2) is 5.78. The molecule has 0 atom stereocenters. The number of hydrogen-bond acceptors (Lipinski definition) is 4. The third-order valence-electron chi connectivity index (χ3n) is 2.20. The van der Waals surface area contributed by atoms with E-state index in [9.17, 15) is 4.79 Å². The van der Waals surface area contributed by atoms with E-state index in [1.165, 1.54) is 0 Å². The van der Waals surface area contributed by atoms with Gasteiger partial charge >= 0.3 is 5.97 Å². The number of para-hydroxylation sites is 2. The minimum atomic E-state index is -0.321. The van der Waals surface area contributed by atoms with Gasteiger partial charge in [0, 0.05) is 0 Å². The molecule has 0 aliphatic rings. The van der Waals surface area contributed by atoms with E-state index in [2.05, 4.69) is 21.8 Å². The van der Waals surface area contributed by atoms with E-state index in [0.29, 0.717) is 12.3 Å². The van der Waals surface area contributed by atoms with Gasteiger partial charge in [0.05, 0.1) is 23.8 Å². The molecule has 0 amide bonds. The van der Waals surface area contributed by atoms with E-state index in [0.717, 1.165) is 11.0 Å². The van der Waals surface area contributed by atoms with Gasteiger partial charge in [-0.25, -0.2) is 4.98 Å². The molecule has 1 aromatic carbocycles. The number of hydrogen-bond donors (Lipinski definition) is 0. The van der Waals surface area contributed by atoms with Gasteiger partial charge in [-0.3, -0.25) is 9.78 Å². The van der Waals surface area contributed by atoms with Gasteiger partial charge in [-0.15, -0.1) is 0 Å². The molecule has 0 unspecified atom stereocenters. The predicted molar refractivity (Wildman–Crippen MR) is 67.7 cm³/mol. The van der Waals surface area contributed by atoms with E-state index in [-0.39, 0.29) is 12.4 Å². The number of ether oxygens (including phenoxy) is 1. The summed E-state index contributed by atoms with van der Waals surface area (Å²) in [5, 5.41) is 0. The van der Waals surface area contributed by atoms with E-state index in [1.807, 2.05) is 24.3 Å². The van der Waals surface area contributed by atoms with Gasteiger partial charge in [0.1, 0.15) is 12.1 Å². The molecule has 0 N–H and O–H groups in total. The summed E-state index contributed by atoms with van der Waals surface area (Å²) < 4.78 is 4.77. The molecule has 0 saturated carbocycles. The third-order valence-corrected chi connectivity index (χ3v) is 2.20. The molecule has 1 aromatic heterocycles. The fraction of sp³-hybridized carbons (Fsp3) is 0.214. The third kappa shape index (κ3) is 3.05. The molecule has 0 aliphatic carbocycles. The molecule has 2 aromatic rings. The van der Waals surface area contributed by atoms with Crippen LogP contribution in [0.4, 0.5) is 0 Å². The molecule has 0 saturated heterocycles. The topological polar surface area (TPSA) is 52.1 Å². The van der Waals surface area contributed by atoms with Crippen LogP contribution in [0.25, 0.3) is 11.0 Å². The van der Waals surface area contributed by atoms with Crippen molar-refractivity contribution in [3.05, 3.63) is 36.2 Å². The van der Waals surface area contributed by atoms with Crippen LogP contribution in [0.3, 0.4) is 0 Å². The van der Waals surface area contributed by atoms with Gasteiger partial charge < -0.3 is 4.74 Å². The summed E-state index contributed by atoms with van der Waals surface area (Å²) in [6.45, 7) is 2.14. The Bertz CT molecular complexity index is 626. The smallest absolute Gasteiger partial charge is 0.317 e. The second-order valence-corrected chi connectivity index (χ2v) is 3.53. The van der Waals surface area contributed by atoms with Crippen LogP contribution in [0, 0.1) is 11.8 Å². The van der Waals surface area contributed by atoms with Crippen molar-refractivity contribution >= 4 is 17.0 Å². The quantitative estimate of drug-likeness (QED) is 0.594. The zero-order valence-electron chi connectivity index (χ0n) is 10.0. The number of carbonyl (C=O) groups excluding carboxylic acids is 1. The summed E-state index contributed by atoms with van der Waals surface area (Å²) in [4.78, 5) is 19.6. The molecule has 4 nitrogen and oxygen atoms in total. The first-order valence-corrected chi connectivity index (χ1v) is 5.66. The molecule has 0 bridgehead atoms. The Hall–Kier alpha value is -2.41. The molecular formula is C14H12N2O2. The SMILES string of the molecule is CCOC(=O)CC#Cc1cnc2ccccc2n1. The zero-order chi connectivity index (χ0) is 12.8. The van der Waals surface area contributed by atoms with Crippen LogP contribution in [-0.2, 0) is 9.53 Å². The van der Waals surface area contributed by atoms with Crippen molar-refractivity contribution in [2.75, 3.05) is 6.61 Å². The summed E-state index contributed by atoms with van der Waals surface area (Å²) in [6, 6.07) is 7.56. The Labute approximate surface area is 105 Å². The van der Waals surface area contributed by atoms with Gasteiger partial charge in [-0.2, -0.15) is 0 Å². The first-order valence-electron chi connectivity index (χ1n) is 5.66. The van der Waals surface area contributed by atoms with Gasteiger partial charge in [0.15, 0.2) is 0 Å². The standard InChI is InChI=1S/C14H12N2O2/c1-2-18-14(17)9-5-6-11-10-15-12-7-3-4-8-13(12)16-11/h3-4,7-8,10H,2,9H2,1H3. The normalized spacial score (nSPS) is 9.61. The molecule has 2 rings (SSSR count). The number of benzene rings is 1. The van der Waals surface area contributed by atoms with Gasteiger partial charge in [-0.1, -0.05) is 18.1 Å². The molecule has 0 fully saturated rings. The van der Waals surface area contributed by atoms with Crippen LogP contribution in [0.5, 0.6) is 0 Å². The van der Waals surface area contributed by atoms with Crippen molar-refractivity contribution in [3.63, 3.8) is 0 Å². The number of rotatable bonds is 2. The monoisotopic (exact) mass is 240 g/mol. The van der Waals surface area contributed by atoms with E-state index >= 15 is 0 Å². The van der Waals surface area contributed by atoms with Crippen LogP contribution in [0.1, 0.15) is 19.0 Å². The highest BCUT2D eigenvalue weighted by Gasteiger charge is 1.98.